The van der Waals surface area contributed by atoms with Gasteiger partial charge in [0.05, 0.1) is 23.7 Å². The second-order valence-corrected chi connectivity index (χ2v) is 21.9. The molecule has 0 aliphatic carbocycles. The van der Waals surface area contributed by atoms with E-state index in [1.807, 2.05) is 10.8 Å². The van der Waals surface area contributed by atoms with E-state index in [9.17, 15) is 4.79 Å². The molecule has 2 aliphatic heterocycles. The molecule has 9 nitrogen and oxygen atoms in total. The monoisotopic (exact) mass is 644 g/mol. The first-order chi connectivity index (χ1) is 20.4. The predicted molar refractivity (Wildman–Crippen MR) is 181 cm³/mol. The number of nitrogens with zero attached hydrogens (tertiary/aromatic N) is 2. The largest absolute Gasteiger partial charge is 0.414 e. The number of rotatable bonds is 9. The molecule has 0 bridgehead atoms. The predicted octanol–water partition coefficient (Wildman–Crippen LogP) is 6.02. The number of hydrogen-bond acceptors (Lipinski definition) is 7. The summed E-state index contributed by atoms with van der Waals surface area (Å²) < 4.78 is 30.1. The summed E-state index contributed by atoms with van der Waals surface area (Å²) in [5.74, 6) is 9.50. The van der Waals surface area contributed by atoms with Gasteiger partial charge in [-0.25, -0.2) is 0 Å². The van der Waals surface area contributed by atoms with Crippen LogP contribution in [0.15, 0.2) is 11.0 Å². The van der Waals surface area contributed by atoms with Crippen LogP contribution in [0.4, 0.5) is 5.95 Å². The van der Waals surface area contributed by atoms with Crippen LogP contribution in [0.5, 0.6) is 0 Å². The van der Waals surface area contributed by atoms with E-state index in [0.29, 0.717) is 35.6 Å². The number of aromatic amines is 1. The van der Waals surface area contributed by atoms with Crippen molar-refractivity contribution in [3.05, 3.63) is 22.1 Å². The maximum atomic E-state index is 13.3. The molecule has 0 saturated carbocycles. The van der Waals surface area contributed by atoms with E-state index < -0.39 is 23.3 Å². The smallest absolute Gasteiger partial charge is 0.335 e. The van der Waals surface area contributed by atoms with Gasteiger partial charge in [0.25, 0.3) is 5.56 Å². The molecule has 6 atom stereocenters. The Morgan fingerprint density at radius 2 is 1.88 bits per heavy atom. The van der Waals surface area contributed by atoms with E-state index in [0.717, 1.165) is 25.3 Å². The highest BCUT2D eigenvalue weighted by atomic mass is 31.0. The van der Waals surface area contributed by atoms with Crippen LogP contribution < -0.4 is 10.9 Å². The van der Waals surface area contributed by atoms with Gasteiger partial charge in [0.1, 0.15) is 12.3 Å². The molecule has 3 unspecified atom stereocenters. The van der Waals surface area contributed by atoms with Crippen LogP contribution in [-0.2, 0) is 17.7 Å². The Kier molecular flexibility index (Phi) is 11.0. The van der Waals surface area contributed by atoms with Crippen molar-refractivity contribution in [2.24, 2.45) is 0 Å². The Hall–Kier alpha value is -1.96. The van der Waals surface area contributed by atoms with Crippen molar-refractivity contribution in [2.75, 3.05) is 19.0 Å². The summed E-state index contributed by atoms with van der Waals surface area (Å²) in [5.41, 5.74) is 1.46. The Balaban J connectivity index is 1.78. The molecule has 12 heteroatoms. The van der Waals surface area contributed by atoms with E-state index in [2.05, 4.69) is 85.8 Å². The molecule has 0 spiro atoms. The first kappa shape index (κ1) is 33.9. The molecule has 2 aromatic rings. The van der Waals surface area contributed by atoms with E-state index in [4.69, 9.17) is 29.1 Å². The minimum Gasteiger partial charge on any atom is -0.414 e. The molecule has 2 aromatic heterocycles. The number of nitrogens with one attached hydrogen (secondary N) is 2. The molecule has 0 radical (unpaired) electrons. The van der Waals surface area contributed by atoms with E-state index in [1.165, 1.54) is 0 Å². The topological polar surface area (TPSA) is 99.6 Å². The highest BCUT2D eigenvalue weighted by Crippen LogP contribution is 2.48. The van der Waals surface area contributed by atoms with Gasteiger partial charge in [0.15, 0.2) is 5.65 Å². The van der Waals surface area contributed by atoms with Crippen molar-refractivity contribution >= 4 is 43.3 Å². The third-order valence-corrected chi connectivity index (χ3v) is 19.4. The summed E-state index contributed by atoms with van der Waals surface area (Å²) in [5, 5.41) is 3.42. The molecule has 236 valence electrons. The summed E-state index contributed by atoms with van der Waals surface area (Å²) >= 11 is 0. The van der Waals surface area contributed by atoms with Crippen LogP contribution in [0.1, 0.15) is 85.9 Å². The van der Waals surface area contributed by atoms with Crippen LogP contribution in [0.25, 0.3) is 11.0 Å². The lowest BCUT2D eigenvalue weighted by molar-refractivity contribution is -0.0534. The number of hydrogen-bond donors (Lipinski definition) is 2. The zero-order chi connectivity index (χ0) is 31.5. The number of ether oxygens (including phenoxy) is 1. The molecule has 0 amide bonds. The third-order valence-electron chi connectivity index (χ3n) is 8.80. The Morgan fingerprint density at radius 1 is 1.19 bits per heavy atom. The van der Waals surface area contributed by atoms with Gasteiger partial charge in [-0.15, -0.1) is 21.6 Å². The minimum absolute atomic E-state index is 0.143. The summed E-state index contributed by atoms with van der Waals surface area (Å²) in [7, 11) is -0.692. The van der Waals surface area contributed by atoms with Gasteiger partial charge in [-0.2, -0.15) is 4.98 Å². The number of terminal acetylenes is 1. The van der Waals surface area contributed by atoms with Crippen LogP contribution in [-0.4, -0.2) is 63.2 Å². The van der Waals surface area contributed by atoms with Gasteiger partial charge in [-0.3, -0.25) is 9.78 Å². The van der Waals surface area contributed by atoms with Gasteiger partial charge < -0.3 is 27.6 Å². The highest BCUT2D eigenvalue weighted by Gasteiger charge is 2.60. The Bertz CT molecular complexity index is 1430. The number of aromatic nitrogens is 3. The van der Waals surface area contributed by atoms with E-state index >= 15 is 0 Å². The summed E-state index contributed by atoms with van der Waals surface area (Å²) in [6.07, 6.45) is 9.52. The summed E-state index contributed by atoms with van der Waals surface area (Å²) in [6, 6.07) is 0.847. The average Bonchev–Trinajstić information content (AvgIpc) is 3.47. The number of anilines is 1. The first-order valence-electron chi connectivity index (χ1n) is 15.6. The Labute approximate surface area is 261 Å². The molecule has 4 heterocycles. The second-order valence-electron chi connectivity index (χ2n) is 12.5. The first-order valence-corrected chi connectivity index (χ1v) is 20.4. The van der Waals surface area contributed by atoms with Crippen LogP contribution in [0, 0.1) is 24.2 Å². The van der Waals surface area contributed by atoms with Crippen LogP contribution >= 0.6 is 9.24 Å². The van der Waals surface area contributed by atoms with Crippen LogP contribution in [0.3, 0.4) is 0 Å². The highest BCUT2D eigenvalue weighted by molar-refractivity contribution is 7.17. The zero-order valence-electron chi connectivity index (χ0n) is 27.0. The number of unbranched alkanes of at least 4 members (excludes halogenated alkanes) is 3. The van der Waals surface area contributed by atoms with Crippen LogP contribution in [0.2, 0.25) is 22.7 Å². The van der Waals surface area contributed by atoms with Gasteiger partial charge >= 0.3 is 17.1 Å². The maximum Gasteiger partial charge on any atom is 0.335 e. The van der Waals surface area contributed by atoms with Gasteiger partial charge in [0, 0.05) is 31.7 Å². The fraction of sp³-hybridized carbons (Fsp3) is 0.677. The van der Waals surface area contributed by atoms with Crippen molar-refractivity contribution in [1.82, 2.24) is 14.5 Å². The van der Waals surface area contributed by atoms with Crippen molar-refractivity contribution in [3.8, 4) is 24.2 Å². The summed E-state index contributed by atoms with van der Waals surface area (Å²) in [6.45, 7) is 15.9. The van der Waals surface area contributed by atoms with Crippen molar-refractivity contribution in [3.63, 3.8) is 0 Å². The van der Waals surface area contributed by atoms with Crippen molar-refractivity contribution in [2.45, 2.75) is 121 Å². The fourth-order valence-electron chi connectivity index (χ4n) is 6.26. The molecule has 2 aliphatic rings. The average molecular weight is 645 g/mol. The molecule has 2 saturated heterocycles. The number of H-pyrrole nitrogens is 1. The lowest BCUT2D eigenvalue weighted by Gasteiger charge is -2.50. The van der Waals surface area contributed by atoms with Gasteiger partial charge in [-0.1, -0.05) is 60.3 Å². The Morgan fingerprint density at radius 3 is 2.49 bits per heavy atom. The molecule has 2 N–H and O–H groups in total. The van der Waals surface area contributed by atoms with Crippen molar-refractivity contribution < 1.29 is 17.7 Å². The SMILES string of the molecule is C#CCCCCC#Cc1cn([C@@H]2O[C@@H]3CO[Si](CC)(C(C)C)O[Si](C(C)C)(C(C)C)O[C@@H]3C2P)c2nc(NC)[nH]c(=O)c12. The van der Waals surface area contributed by atoms with E-state index in [1.54, 1.807) is 7.05 Å². The molecular formula is C31H49N4O5PSi2. The maximum absolute atomic E-state index is 13.3. The normalized spacial score (nSPS) is 27.0. The minimum atomic E-state index is -2.78. The molecule has 2 fully saturated rings. The van der Waals surface area contributed by atoms with Gasteiger partial charge in [-0.05, 0) is 35.5 Å². The lowest BCUT2D eigenvalue weighted by atomic mass is 10.2. The molecule has 43 heavy (non-hydrogen) atoms. The molecular weight excluding hydrogens is 596 g/mol. The quantitative estimate of drug-likeness (QED) is 0.149. The second kappa shape index (κ2) is 14.0. The van der Waals surface area contributed by atoms with E-state index in [-0.39, 0.29) is 40.0 Å². The lowest BCUT2D eigenvalue weighted by Crippen LogP contribution is -2.64. The summed E-state index contributed by atoms with van der Waals surface area (Å²) in [4.78, 5) is 20.9. The molecule has 4 rings (SSSR count). The third kappa shape index (κ3) is 6.55. The standard InChI is InChI=1S/C31H49N4O5PSi2/c1-10-12-13-14-15-16-17-23-18-35(28-25(23)29(36)34-31(32-9)33-28)30-27(41)26-24(38-30)19-37-42(11-2,20(3)4)40-43(39-26,21(5)6)22(7)8/h1,18,20-22,24,26-27,30H,11-15,19,41H2,2-9H3,(H2,32,33,34,36)/t24-,26+,27?,30-,42?/m1/s1. The van der Waals surface area contributed by atoms with Gasteiger partial charge in [0.2, 0.25) is 5.95 Å². The number of fused-ring (bicyclic) bond motifs is 2. The zero-order valence-corrected chi connectivity index (χ0v) is 30.1. The fourth-order valence-corrected chi connectivity index (χ4v) is 17.4. The molecule has 0 aromatic carbocycles. The van der Waals surface area contributed by atoms with Crippen molar-refractivity contribution in [1.29, 1.82) is 0 Å².